The van der Waals surface area contributed by atoms with E-state index in [0.717, 1.165) is 17.9 Å². The maximum atomic E-state index is 3.62. The van der Waals surface area contributed by atoms with Crippen LogP contribution in [-0.4, -0.2) is 0 Å². The van der Waals surface area contributed by atoms with E-state index in [1.807, 2.05) is 0 Å². The van der Waals surface area contributed by atoms with Crippen molar-refractivity contribution in [1.29, 1.82) is 0 Å². The molecular formula is C28H22Br4. The molecule has 4 heteroatoms. The second-order valence-corrected chi connectivity index (χ2v) is 11.9. The first kappa shape index (κ1) is 23.9. The van der Waals surface area contributed by atoms with Gasteiger partial charge in [0, 0.05) is 28.7 Å². The second kappa shape index (κ2) is 9.58. The van der Waals surface area contributed by atoms with E-state index in [1.165, 1.54) is 22.3 Å². The van der Waals surface area contributed by atoms with Crippen molar-refractivity contribution >= 4 is 63.7 Å². The quantitative estimate of drug-likeness (QED) is 0.197. The van der Waals surface area contributed by atoms with Crippen molar-refractivity contribution in [3.8, 4) is 0 Å². The predicted octanol–water partition coefficient (Wildman–Crippen LogP) is 10.0. The Balaban J connectivity index is 2.09. The Kier molecular flexibility index (Phi) is 7.17. The highest BCUT2D eigenvalue weighted by Gasteiger charge is 2.49. The summed E-state index contributed by atoms with van der Waals surface area (Å²) in [6, 6.07) is 35.0. The lowest BCUT2D eigenvalue weighted by Gasteiger charge is -2.49. The van der Waals surface area contributed by atoms with Crippen LogP contribution in [0.1, 0.15) is 36.1 Å². The van der Waals surface area contributed by atoms with E-state index in [2.05, 4.69) is 175 Å². The first-order valence-electron chi connectivity index (χ1n) is 10.3. The van der Waals surface area contributed by atoms with Crippen LogP contribution in [-0.2, 0) is 10.8 Å². The molecule has 0 aliphatic rings. The molecule has 0 aliphatic heterocycles. The number of hydrogen-bond acceptors (Lipinski definition) is 0. The highest BCUT2D eigenvalue weighted by atomic mass is 79.9. The van der Waals surface area contributed by atoms with E-state index < -0.39 is 0 Å². The monoisotopic (exact) mass is 674 g/mol. The van der Waals surface area contributed by atoms with Crippen molar-refractivity contribution in [3.05, 3.63) is 137 Å². The Bertz CT molecular complexity index is 1000. The van der Waals surface area contributed by atoms with Crippen LogP contribution in [0.5, 0.6) is 0 Å². The standard InChI is InChI=1S/C28H22Br4/c1-27(19-3-11-23(29)12-4-19,20-5-13-24(30)14-6-20)28(2,21-7-15-25(31)16-8-21)22-9-17-26(32)18-10-22/h3-18H,1-2H3. The molecule has 0 aromatic heterocycles. The minimum atomic E-state index is -0.351. The van der Waals surface area contributed by atoms with Gasteiger partial charge in [0.2, 0.25) is 0 Å². The van der Waals surface area contributed by atoms with Crippen LogP contribution in [0.25, 0.3) is 0 Å². The van der Waals surface area contributed by atoms with Gasteiger partial charge in [-0.15, -0.1) is 0 Å². The van der Waals surface area contributed by atoms with Gasteiger partial charge in [-0.3, -0.25) is 0 Å². The smallest absolute Gasteiger partial charge is 0.0309 e. The van der Waals surface area contributed by atoms with Crippen LogP contribution in [0.15, 0.2) is 115 Å². The molecule has 0 bridgehead atoms. The SMILES string of the molecule is CC(c1ccc(Br)cc1)(c1ccc(Br)cc1)C(C)(c1ccc(Br)cc1)c1ccc(Br)cc1. The average molecular weight is 678 g/mol. The topological polar surface area (TPSA) is 0 Å². The molecule has 162 valence electrons. The summed E-state index contributed by atoms with van der Waals surface area (Å²) in [5.41, 5.74) is 4.34. The molecule has 0 N–H and O–H groups in total. The molecule has 0 saturated heterocycles. The molecule has 0 radical (unpaired) electrons. The average Bonchev–Trinajstić information content (AvgIpc) is 2.80. The van der Waals surface area contributed by atoms with Crippen molar-refractivity contribution in [2.24, 2.45) is 0 Å². The molecule has 4 rings (SSSR count). The minimum absolute atomic E-state index is 0.351. The Hall–Kier alpha value is -1.20. The Morgan fingerprint density at radius 2 is 0.500 bits per heavy atom. The third-order valence-corrected chi connectivity index (χ3v) is 8.80. The molecule has 0 fully saturated rings. The lowest BCUT2D eigenvalue weighted by atomic mass is 9.53. The highest BCUT2D eigenvalue weighted by molar-refractivity contribution is 9.11. The van der Waals surface area contributed by atoms with E-state index in [-0.39, 0.29) is 10.8 Å². The van der Waals surface area contributed by atoms with Gasteiger partial charge in [0.15, 0.2) is 0 Å². The number of rotatable bonds is 5. The van der Waals surface area contributed by atoms with Crippen LogP contribution >= 0.6 is 63.7 Å². The first-order valence-corrected chi connectivity index (χ1v) is 13.5. The van der Waals surface area contributed by atoms with Gasteiger partial charge in [-0.05, 0) is 70.8 Å². The molecule has 0 aliphatic carbocycles. The maximum absolute atomic E-state index is 3.62. The largest absolute Gasteiger partial charge is 0.0570 e. The zero-order chi connectivity index (χ0) is 22.9. The summed E-state index contributed by atoms with van der Waals surface area (Å²) in [6.45, 7) is 4.73. The normalized spacial score (nSPS) is 12.1. The predicted molar refractivity (Wildman–Crippen MR) is 149 cm³/mol. The van der Waals surface area contributed by atoms with Gasteiger partial charge in [-0.25, -0.2) is 0 Å². The van der Waals surface area contributed by atoms with E-state index in [9.17, 15) is 0 Å². The van der Waals surface area contributed by atoms with Gasteiger partial charge in [0.1, 0.15) is 0 Å². The fourth-order valence-corrected chi connectivity index (χ4v) is 5.68. The zero-order valence-electron chi connectivity index (χ0n) is 17.7. The fraction of sp³-hybridized carbons (Fsp3) is 0.143. The van der Waals surface area contributed by atoms with E-state index in [1.54, 1.807) is 0 Å². The Labute approximate surface area is 224 Å². The van der Waals surface area contributed by atoms with Gasteiger partial charge >= 0.3 is 0 Å². The molecule has 0 amide bonds. The number of benzene rings is 4. The second-order valence-electron chi connectivity index (χ2n) is 8.28. The van der Waals surface area contributed by atoms with Crippen LogP contribution in [0.4, 0.5) is 0 Å². The molecule has 0 heterocycles. The van der Waals surface area contributed by atoms with Crippen LogP contribution in [0.2, 0.25) is 0 Å². The molecule has 0 nitrogen and oxygen atoms in total. The third-order valence-electron chi connectivity index (χ3n) is 6.69. The lowest BCUT2D eigenvalue weighted by molar-refractivity contribution is 0.360. The summed E-state index contributed by atoms with van der Waals surface area (Å²) in [5, 5.41) is 0. The fourth-order valence-electron chi connectivity index (χ4n) is 4.62. The molecule has 0 unspecified atom stereocenters. The van der Waals surface area contributed by atoms with E-state index >= 15 is 0 Å². The van der Waals surface area contributed by atoms with Gasteiger partial charge < -0.3 is 0 Å². The van der Waals surface area contributed by atoms with Crippen molar-refractivity contribution in [2.75, 3.05) is 0 Å². The van der Waals surface area contributed by atoms with Crippen molar-refractivity contribution < 1.29 is 0 Å². The number of hydrogen-bond donors (Lipinski definition) is 0. The van der Waals surface area contributed by atoms with Gasteiger partial charge in [0.25, 0.3) is 0 Å². The minimum Gasteiger partial charge on any atom is -0.0570 e. The van der Waals surface area contributed by atoms with E-state index in [4.69, 9.17) is 0 Å². The zero-order valence-corrected chi connectivity index (χ0v) is 24.1. The summed E-state index contributed by atoms with van der Waals surface area (Å²) in [6.07, 6.45) is 0. The van der Waals surface area contributed by atoms with Gasteiger partial charge in [-0.1, -0.05) is 126 Å². The number of halogens is 4. The Morgan fingerprint density at radius 3 is 0.656 bits per heavy atom. The van der Waals surface area contributed by atoms with Crippen molar-refractivity contribution in [2.45, 2.75) is 24.7 Å². The Morgan fingerprint density at radius 1 is 0.344 bits per heavy atom. The molecular weight excluding hydrogens is 656 g/mol. The first-order chi connectivity index (χ1) is 15.2. The lowest BCUT2D eigenvalue weighted by Crippen LogP contribution is -2.47. The molecule has 4 aromatic carbocycles. The molecule has 0 atom stereocenters. The molecule has 32 heavy (non-hydrogen) atoms. The van der Waals surface area contributed by atoms with E-state index in [0.29, 0.717) is 0 Å². The summed E-state index contributed by atoms with van der Waals surface area (Å²) >= 11 is 14.5. The van der Waals surface area contributed by atoms with Crippen LogP contribution in [0.3, 0.4) is 0 Å². The van der Waals surface area contributed by atoms with Gasteiger partial charge in [-0.2, -0.15) is 0 Å². The summed E-state index contributed by atoms with van der Waals surface area (Å²) in [5.74, 6) is 0. The highest BCUT2D eigenvalue weighted by Crippen LogP contribution is 2.53. The third kappa shape index (κ3) is 4.32. The van der Waals surface area contributed by atoms with Crippen LogP contribution < -0.4 is 0 Å². The van der Waals surface area contributed by atoms with Crippen LogP contribution in [0, 0.1) is 0 Å². The maximum Gasteiger partial charge on any atom is 0.0309 e. The molecule has 4 aromatic rings. The summed E-state index contributed by atoms with van der Waals surface area (Å²) in [4.78, 5) is 0. The molecule has 0 spiro atoms. The van der Waals surface area contributed by atoms with Gasteiger partial charge in [0.05, 0.1) is 0 Å². The summed E-state index contributed by atoms with van der Waals surface area (Å²) < 4.78 is 4.31. The van der Waals surface area contributed by atoms with Crippen molar-refractivity contribution in [1.82, 2.24) is 0 Å². The summed E-state index contributed by atoms with van der Waals surface area (Å²) in [7, 11) is 0. The molecule has 0 saturated carbocycles. The van der Waals surface area contributed by atoms with Crippen molar-refractivity contribution in [3.63, 3.8) is 0 Å².